The molecule has 2 aliphatic rings. The highest BCUT2D eigenvalue weighted by molar-refractivity contribution is 5.80. The summed E-state index contributed by atoms with van der Waals surface area (Å²) in [6.45, 7) is 3.55. The van der Waals surface area contributed by atoms with Gasteiger partial charge < -0.3 is 10.0 Å². The lowest BCUT2D eigenvalue weighted by Gasteiger charge is -2.36. The molecule has 0 radical (unpaired) electrons. The van der Waals surface area contributed by atoms with Crippen LogP contribution >= 0.6 is 0 Å². The van der Waals surface area contributed by atoms with Gasteiger partial charge >= 0.3 is 0 Å². The van der Waals surface area contributed by atoms with Crippen LogP contribution < -0.4 is 0 Å². The Morgan fingerprint density at radius 3 is 2.65 bits per heavy atom. The minimum absolute atomic E-state index is 0.164. The molecule has 1 aromatic rings. The van der Waals surface area contributed by atoms with E-state index in [1.807, 2.05) is 24.1 Å². The Kier molecular flexibility index (Phi) is 3.54. The van der Waals surface area contributed by atoms with Gasteiger partial charge in [-0.15, -0.1) is 0 Å². The minimum Gasteiger partial charge on any atom is -0.390 e. The Bertz CT molecular complexity index is 459. The minimum atomic E-state index is -0.402. The molecular formula is C15H23N3O2. The molecule has 1 N–H and O–H groups in total. The van der Waals surface area contributed by atoms with E-state index in [2.05, 4.69) is 5.10 Å². The van der Waals surface area contributed by atoms with Crippen LogP contribution in [0, 0.1) is 5.92 Å². The number of amides is 1. The fourth-order valence-corrected chi connectivity index (χ4v) is 3.32. The van der Waals surface area contributed by atoms with Gasteiger partial charge in [-0.3, -0.25) is 9.48 Å². The number of piperidine rings is 1. The molecule has 0 bridgehead atoms. The first kappa shape index (κ1) is 13.6. The largest absolute Gasteiger partial charge is 0.390 e. The van der Waals surface area contributed by atoms with Crippen LogP contribution in [-0.4, -0.2) is 44.4 Å². The van der Waals surface area contributed by atoms with Crippen molar-refractivity contribution in [3.63, 3.8) is 0 Å². The quantitative estimate of drug-likeness (QED) is 0.909. The summed E-state index contributed by atoms with van der Waals surface area (Å²) < 4.78 is 1.75. The summed E-state index contributed by atoms with van der Waals surface area (Å²) in [6.07, 6.45) is 8.06. The van der Waals surface area contributed by atoms with Crippen molar-refractivity contribution in [2.75, 3.05) is 13.1 Å². The summed E-state index contributed by atoms with van der Waals surface area (Å²) in [5.41, 5.74) is -0.402. The van der Waals surface area contributed by atoms with E-state index in [4.69, 9.17) is 0 Å². The number of hydrogen-bond acceptors (Lipinski definition) is 3. The van der Waals surface area contributed by atoms with Crippen molar-refractivity contribution in [2.45, 2.75) is 50.7 Å². The van der Waals surface area contributed by atoms with Gasteiger partial charge in [0.25, 0.3) is 0 Å². The van der Waals surface area contributed by atoms with E-state index in [0.717, 1.165) is 45.2 Å². The van der Waals surface area contributed by atoms with Gasteiger partial charge in [-0.05, 0) is 44.1 Å². The van der Waals surface area contributed by atoms with Crippen LogP contribution in [0.15, 0.2) is 18.5 Å². The first-order chi connectivity index (χ1) is 9.64. The van der Waals surface area contributed by atoms with Crippen molar-refractivity contribution in [3.8, 4) is 0 Å². The molecule has 1 aromatic heterocycles. The second-order valence-corrected chi connectivity index (χ2v) is 6.11. The standard InChI is InChI=1S/C15H23N3O2/c1-2-13(18-9-3-8-16-18)14(19)17-10-4-12(5-11-17)15(20)6-7-15/h3,8-9,12-13,20H,2,4-7,10-11H2,1H3. The number of aliphatic hydroxyl groups is 1. The maximum absolute atomic E-state index is 12.6. The summed E-state index contributed by atoms with van der Waals surface area (Å²) in [5.74, 6) is 0.550. The number of likely N-dealkylation sites (tertiary alicyclic amines) is 1. The molecule has 3 rings (SSSR count). The summed E-state index contributed by atoms with van der Waals surface area (Å²) in [7, 11) is 0. The fourth-order valence-electron chi connectivity index (χ4n) is 3.32. The van der Waals surface area contributed by atoms with E-state index in [1.165, 1.54) is 0 Å². The number of rotatable bonds is 4. The molecule has 20 heavy (non-hydrogen) atoms. The van der Waals surface area contributed by atoms with Crippen molar-refractivity contribution in [2.24, 2.45) is 5.92 Å². The third-order valence-electron chi connectivity index (χ3n) is 4.84. The predicted molar refractivity (Wildman–Crippen MR) is 75.0 cm³/mol. The lowest BCUT2D eigenvalue weighted by molar-refractivity contribution is -0.137. The molecule has 5 nitrogen and oxygen atoms in total. The van der Waals surface area contributed by atoms with Crippen LogP contribution in [0.5, 0.6) is 0 Å². The predicted octanol–water partition coefficient (Wildman–Crippen LogP) is 1.60. The van der Waals surface area contributed by atoms with E-state index in [-0.39, 0.29) is 11.9 Å². The van der Waals surface area contributed by atoms with Crippen LogP contribution in [0.4, 0.5) is 0 Å². The summed E-state index contributed by atoms with van der Waals surface area (Å²) >= 11 is 0. The van der Waals surface area contributed by atoms with Crippen LogP contribution in [0.2, 0.25) is 0 Å². The van der Waals surface area contributed by atoms with Crippen LogP contribution in [0.1, 0.15) is 45.1 Å². The Balaban J connectivity index is 1.60. The summed E-state index contributed by atoms with van der Waals surface area (Å²) in [4.78, 5) is 14.5. The molecular weight excluding hydrogens is 254 g/mol. The van der Waals surface area contributed by atoms with E-state index in [1.54, 1.807) is 10.9 Å². The Labute approximate surface area is 119 Å². The van der Waals surface area contributed by atoms with Crippen LogP contribution in [-0.2, 0) is 4.79 Å². The lowest BCUT2D eigenvalue weighted by Crippen LogP contribution is -2.44. The molecule has 0 aromatic carbocycles. The van der Waals surface area contributed by atoms with Gasteiger partial charge in [-0.2, -0.15) is 5.10 Å². The van der Waals surface area contributed by atoms with Crippen molar-refractivity contribution in [3.05, 3.63) is 18.5 Å². The summed E-state index contributed by atoms with van der Waals surface area (Å²) in [5, 5.41) is 14.4. The number of carbonyl (C=O) groups excluding carboxylic acids is 1. The highest BCUT2D eigenvalue weighted by Crippen LogP contribution is 2.46. The SMILES string of the molecule is CCC(C(=O)N1CCC(C2(O)CC2)CC1)n1cccn1. The molecule has 1 unspecified atom stereocenters. The van der Waals surface area contributed by atoms with Crippen LogP contribution in [0.3, 0.4) is 0 Å². The lowest BCUT2D eigenvalue weighted by atomic mass is 9.89. The van der Waals surface area contributed by atoms with Crippen molar-refractivity contribution >= 4 is 5.91 Å². The molecule has 1 saturated heterocycles. The number of aromatic nitrogens is 2. The second-order valence-electron chi connectivity index (χ2n) is 6.11. The smallest absolute Gasteiger partial charge is 0.247 e. The maximum atomic E-state index is 12.6. The van der Waals surface area contributed by atoms with Gasteiger partial charge in [0.15, 0.2) is 0 Å². The Hall–Kier alpha value is -1.36. The van der Waals surface area contributed by atoms with E-state index < -0.39 is 5.60 Å². The molecule has 2 fully saturated rings. The molecule has 5 heteroatoms. The van der Waals surface area contributed by atoms with Crippen LogP contribution in [0.25, 0.3) is 0 Å². The van der Waals surface area contributed by atoms with Gasteiger partial charge in [0.05, 0.1) is 5.60 Å². The normalized spacial score (nSPS) is 23.6. The van der Waals surface area contributed by atoms with E-state index >= 15 is 0 Å². The first-order valence-corrected chi connectivity index (χ1v) is 7.64. The van der Waals surface area contributed by atoms with Crippen molar-refractivity contribution < 1.29 is 9.90 Å². The molecule has 1 saturated carbocycles. The molecule has 1 atom stereocenters. The van der Waals surface area contributed by atoms with Gasteiger partial charge in [0, 0.05) is 25.5 Å². The fraction of sp³-hybridized carbons (Fsp3) is 0.733. The Morgan fingerprint density at radius 1 is 1.45 bits per heavy atom. The van der Waals surface area contributed by atoms with Gasteiger partial charge in [-0.1, -0.05) is 6.92 Å². The van der Waals surface area contributed by atoms with Gasteiger partial charge in [-0.25, -0.2) is 0 Å². The zero-order chi connectivity index (χ0) is 14.2. The average molecular weight is 277 g/mol. The van der Waals surface area contributed by atoms with Crippen molar-refractivity contribution in [1.82, 2.24) is 14.7 Å². The second kappa shape index (κ2) is 5.20. The van der Waals surface area contributed by atoms with Gasteiger partial charge in [0.2, 0.25) is 5.91 Å². The zero-order valence-corrected chi connectivity index (χ0v) is 12.0. The molecule has 1 amide bonds. The van der Waals surface area contributed by atoms with Crippen molar-refractivity contribution in [1.29, 1.82) is 0 Å². The number of hydrogen-bond donors (Lipinski definition) is 1. The van der Waals surface area contributed by atoms with E-state index in [0.29, 0.717) is 5.92 Å². The average Bonchev–Trinajstić information content (AvgIpc) is 3.01. The highest BCUT2D eigenvalue weighted by Gasteiger charge is 2.48. The molecule has 1 aliphatic carbocycles. The Morgan fingerprint density at radius 2 is 2.15 bits per heavy atom. The highest BCUT2D eigenvalue weighted by atomic mass is 16.3. The summed E-state index contributed by atoms with van der Waals surface area (Å²) in [6, 6.07) is 1.66. The number of carbonyl (C=O) groups is 1. The number of nitrogens with zero attached hydrogens (tertiary/aromatic N) is 3. The molecule has 1 aliphatic heterocycles. The van der Waals surface area contributed by atoms with Gasteiger partial charge in [0.1, 0.15) is 6.04 Å². The first-order valence-electron chi connectivity index (χ1n) is 7.64. The third kappa shape index (κ3) is 2.46. The topological polar surface area (TPSA) is 58.4 Å². The third-order valence-corrected chi connectivity index (χ3v) is 4.84. The molecule has 2 heterocycles. The van der Waals surface area contributed by atoms with E-state index in [9.17, 15) is 9.90 Å². The monoisotopic (exact) mass is 277 g/mol. The molecule has 110 valence electrons. The zero-order valence-electron chi connectivity index (χ0n) is 12.0. The molecule has 0 spiro atoms. The maximum Gasteiger partial charge on any atom is 0.247 e.